The van der Waals surface area contributed by atoms with Crippen molar-refractivity contribution in [3.05, 3.63) is 48.3 Å². The van der Waals surface area contributed by atoms with E-state index in [1.807, 2.05) is 0 Å². The van der Waals surface area contributed by atoms with E-state index in [4.69, 9.17) is 0 Å². The van der Waals surface area contributed by atoms with Gasteiger partial charge < -0.3 is 0 Å². The minimum atomic E-state index is -4.83. The average molecular weight is 255 g/mol. The third-order valence-electron chi connectivity index (χ3n) is 2.11. The smallest absolute Gasteiger partial charge is 0.234 e. The van der Waals surface area contributed by atoms with Crippen LogP contribution in [-0.4, -0.2) is 13.4 Å². The molecular formula is C11H7F2NO2S. The zero-order valence-electron chi connectivity index (χ0n) is 8.47. The Kier molecular flexibility index (Phi) is 2.89. The second-order valence-corrected chi connectivity index (χ2v) is 4.60. The molecule has 2 rings (SSSR count). The molecule has 0 amide bonds. The predicted molar refractivity (Wildman–Crippen MR) is 57.9 cm³/mol. The van der Waals surface area contributed by atoms with Crippen LogP contribution in [0.1, 0.15) is 0 Å². The summed E-state index contributed by atoms with van der Waals surface area (Å²) in [6.07, 6.45) is 0. The molecule has 0 bridgehead atoms. The molecule has 0 aliphatic rings. The lowest BCUT2D eigenvalue weighted by Gasteiger charge is -2.01. The SMILES string of the molecule is O=S(=O)(F)c1cccc(-c2ccc(F)cc2)n1. The van der Waals surface area contributed by atoms with E-state index < -0.39 is 21.1 Å². The second-order valence-electron chi connectivity index (χ2n) is 3.31. The first-order chi connectivity index (χ1) is 7.97. The van der Waals surface area contributed by atoms with Gasteiger partial charge >= 0.3 is 10.2 Å². The molecule has 3 nitrogen and oxygen atoms in total. The van der Waals surface area contributed by atoms with Crippen molar-refractivity contribution >= 4 is 10.2 Å². The lowest BCUT2D eigenvalue weighted by Crippen LogP contribution is -1.97. The van der Waals surface area contributed by atoms with Crippen LogP contribution in [0.25, 0.3) is 11.3 Å². The topological polar surface area (TPSA) is 47.0 Å². The van der Waals surface area contributed by atoms with E-state index in [0.29, 0.717) is 5.56 Å². The van der Waals surface area contributed by atoms with E-state index in [1.54, 1.807) is 0 Å². The van der Waals surface area contributed by atoms with E-state index in [1.165, 1.54) is 36.4 Å². The van der Waals surface area contributed by atoms with Crippen LogP contribution >= 0.6 is 0 Å². The van der Waals surface area contributed by atoms with Gasteiger partial charge in [-0.25, -0.2) is 9.37 Å². The quantitative estimate of drug-likeness (QED) is 0.775. The molecule has 0 saturated heterocycles. The van der Waals surface area contributed by atoms with Crippen molar-refractivity contribution < 1.29 is 16.7 Å². The fourth-order valence-electron chi connectivity index (χ4n) is 1.33. The maximum absolute atomic E-state index is 12.7. The highest BCUT2D eigenvalue weighted by molar-refractivity contribution is 7.86. The fraction of sp³-hybridized carbons (Fsp3) is 0. The van der Waals surface area contributed by atoms with Crippen molar-refractivity contribution in [3.8, 4) is 11.3 Å². The van der Waals surface area contributed by atoms with Gasteiger partial charge in [-0.3, -0.25) is 0 Å². The van der Waals surface area contributed by atoms with Gasteiger partial charge in [0.05, 0.1) is 5.69 Å². The zero-order valence-corrected chi connectivity index (χ0v) is 9.29. The number of pyridine rings is 1. The summed E-state index contributed by atoms with van der Waals surface area (Å²) in [5.41, 5.74) is 0.778. The highest BCUT2D eigenvalue weighted by Crippen LogP contribution is 2.19. The minimum Gasteiger partial charge on any atom is -0.234 e. The Morgan fingerprint density at radius 2 is 1.65 bits per heavy atom. The number of benzene rings is 1. The highest BCUT2D eigenvalue weighted by Gasteiger charge is 2.14. The fourth-order valence-corrected chi connectivity index (χ4v) is 1.78. The summed E-state index contributed by atoms with van der Waals surface area (Å²) in [5, 5.41) is -0.653. The number of hydrogen-bond donors (Lipinski definition) is 0. The Hall–Kier alpha value is -1.82. The van der Waals surface area contributed by atoms with Crippen molar-refractivity contribution in [1.29, 1.82) is 0 Å². The van der Waals surface area contributed by atoms with Crippen molar-refractivity contribution in [2.75, 3.05) is 0 Å². The number of halogens is 2. The van der Waals surface area contributed by atoms with Gasteiger partial charge in [-0.15, -0.1) is 0 Å². The van der Waals surface area contributed by atoms with E-state index in [-0.39, 0.29) is 5.69 Å². The van der Waals surface area contributed by atoms with Crippen LogP contribution in [-0.2, 0) is 10.2 Å². The van der Waals surface area contributed by atoms with Gasteiger partial charge in [0.1, 0.15) is 5.82 Å². The van der Waals surface area contributed by atoms with Gasteiger partial charge in [0, 0.05) is 5.56 Å². The third kappa shape index (κ3) is 2.65. The monoisotopic (exact) mass is 255 g/mol. The summed E-state index contributed by atoms with van der Waals surface area (Å²) in [5.74, 6) is -0.414. The van der Waals surface area contributed by atoms with Crippen LogP contribution in [0.3, 0.4) is 0 Å². The molecule has 0 aliphatic heterocycles. The molecule has 2 aromatic rings. The molecule has 0 aliphatic carbocycles. The van der Waals surface area contributed by atoms with Crippen LogP contribution < -0.4 is 0 Å². The molecule has 6 heteroatoms. The third-order valence-corrected chi connectivity index (χ3v) is 2.84. The predicted octanol–water partition coefficient (Wildman–Crippen LogP) is 2.55. The Bertz CT molecular complexity index is 639. The van der Waals surface area contributed by atoms with E-state index in [0.717, 1.165) is 6.07 Å². The molecular weight excluding hydrogens is 248 g/mol. The van der Waals surface area contributed by atoms with Crippen LogP contribution in [0.4, 0.5) is 8.28 Å². The molecule has 0 unspecified atom stereocenters. The first kappa shape index (κ1) is 11.7. The first-order valence-corrected chi connectivity index (χ1v) is 6.03. The van der Waals surface area contributed by atoms with Gasteiger partial charge in [-0.1, -0.05) is 9.95 Å². The number of nitrogens with zero attached hydrogens (tertiary/aromatic N) is 1. The minimum absolute atomic E-state index is 0.267. The van der Waals surface area contributed by atoms with E-state index in [2.05, 4.69) is 4.98 Å². The van der Waals surface area contributed by atoms with Crippen LogP contribution in [0, 0.1) is 5.82 Å². The molecule has 0 spiro atoms. The molecule has 1 aromatic heterocycles. The number of hydrogen-bond acceptors (Lipinski definition) is 3. The molecule has 17 heavy (non-hydrogen) atoms. The molecule has 0 N–H and O–H groups in total. The van der Waals surface area contributed by atoms with Crippen molar-refractivity contribution in [2.24, 2.45) is 0 Å². The zero-order chi connectivity index (χ0) is 12.5. The van der Waals surface area contributed by atoms with Crippen molar-refractivity contribution in [2.45, 2.75) is 5.03 Å². The number of rotatable bonds is 2. The molecule has 1 heterocycles. The van der Waals surface area contributed by atoms with Crippen LogP contribution in [0.5, 0.6) is 0 Å². The largest absolute Gasteiger partial charge is 0.349 e. The highest BCUT2D eigenvalue weighted by atomic mass is 32.3. The Morgan fingerprint density at radius 3 is 2.24 bits per heavy atom. The van der Waals surface area contributed by atoms with Crippen LogP contribution in [0.15, 0.2) is 47.5 Å². The summed E-state index contributed by atoms with van der Waals surface area (Å²) in [4.78, 5) is 3.66. The summed E-state index contributed by atoms with van der Waals surface area (Å²) >= 11 is 0. The van der Waals surface area contributed by atoms with Crippen molar-refractivity contribution in [1.82, 2.24) is 4.98 Å². The lowest BCUT2D eigenvalue weighted by molar-refractivity contribution is 0.548. The maximum atomic E-state index is 12.7. The first-order valence-electron chi connectivity index (χ1n) is 4.64. The Balaban J connectivity index is 2.50. The molecule has 0 saturated carbocycles. The molecule has 0 radical (unpaired) electrons. The van der Waals surface area contributed by atoms with Gasteiger partial charge in [-0.05, 0) is 36.4 Å². The van der Waals surface area contributed by atoms with E-state index >= 15 is 0 Å². The molecule has 1 aromatic carbocycles. The molecule has 0 atom stereocenters. The maximum Gasteiger partial charge on any atom is 0.349 e. The van der Waals surface area contributed by atoms with Gasteiger partial charge in [0.25, 0.3) is 0 Å². The van der Waals surface area contributed by atoms with Gasteiger partial charge in [-0.2, -0.15) is 8.42 Å². The Morgan fingerprint density at radius 1 is 1.00 bits per heavy atom. The molecule has 0 fully saturated rings. The average Bonchev–Trinajstić information content (AvgIpc) is 2.29. The Labute approximate surface area is 97.0 Å². The normalized spacial score (nSPS) is 11.4. The van der Waals surface area contributed by atoms with Gasteiger partial charge in [0.2, 0.25) is 0 Å². The molecule has 88 valence electrons. The van der Waals surface area contributed by atoms with E-state index in [9.17, 15) is 16.7 Å². The summed E-state index contributed by atoms with van der Waals surface area (Å²) in [7, 11) is -4.83. The van der Waals surface area contributed by atoms with Crippen LogP contribution in [0.2, 0.25) is 0 Å². The lowest BCUT2D eigenvalue weighted by atomic mass is 10.1. The summed E-state index contributed by atoms with van der Waals surface area (Å²) in [6, 6.07) is 9.25. The summed E-state index contributed by atoms with van der Waals surface area (Å²) in [6.45, 7) is 0. The second kappa shape index (κ2) is 4.21. The van der Waals surface area contributed by atoms with Gasteiger partial charge in [0.15, 0.2) is 5.03 Å². The standard InChI is InChI=1S/C11H7F2NO2S/c12-9-6-4-8(5-7-9)10-2-1-3-11(14-10)17(13,15)16/h1-7H. The van der Waals surface area contributed by atoms with Crippen molar-refractivity contribution in [3.63, 3.8) is 0 Å². The number of aromatic nitrogens is 1. The summed E-state index contributed by atoms with van der Waals surface area (Å²) < 4.78 is 46.8.